The molecule has 9 amide bonds. The van der Waals surface area contributed by atoms with Gasteiger partial charge in [-0.05, 0) is 73.1 Å². The van der Waals surface area contributed by atoms with Crippen LogP contribution in [0.15, 0.2) is 83.9 Å². The number of ether oxygens (including phenoxy) is 1. The van der Waals surface area contributed by atoms with E-state index in [9.17, 15) is 93.6 Å². The van der Waals surface area contributed by atoms with E-state index in [1.54, 1.807) is 93.3 Å². The van der Waals surface area contributed by atoms with Crippen LogP contribution in [-0.4, -0.2) is 304 Å². The first-order chi connectivity index (χ1) is 49.2. The number of rotatable bonds is 43. The van der Waals surface area contributed by atoms with Crippen LogP contribution in [0.5, 0.6) is 11.5 Å². The van der Waals surface area contributed by atoms with E-state index in [1.165, 1.54) is 12.1 Å². The number of nitrogens with zero attached hydrogens (tertiary/aromatic N) is 5. The lowest BCUT2D eigenvalue weighted by atomic mass is 9.90. The number of guanidine groups is 1. The number of aliphatic hydroxyl groups excluding tert-OH is 5. The number of carboxylic acid groups (broad SMARTS) is 3. The summed E-state index contributed by atoms with van der Waals surface area (Å²) in [6, 6.07) is 18.8. The normalized spacial score (nSPS) is 15.7. The molecule has 1 saturated heterocycles. The van der Waals surface area contributed by atoms with E-state index >= 15 is 0 Å². The molecule has 0 unspecified atom stereocenters. The van der Waals surface area contributed by atoms with Gasteiger partial charge in [0, 0.05) is 117 Å². The number of nitrogens with one attached hydrogen (secondary N) is 9. The number of hydrogen-bond donors (Lipinski definition) is 19. The Bertz CT molecular complexity index is 3180. The van der Waals surface area contributed by atoms with E-state index in [1.807, 2.05) is 0 Å². The van der Waals surface area contributed by atoms with Gasteiger partial charge in [-0.25, -0.2) is 4.79 Å². The first-order valence-electron chi connectivity index (χ1n) is 34.0. The van der Waals surface area contributed by atoms with Gasteiger partial charge in [0.05, 0.1) is 51.4 Å². The summed E-state index contributed by atoms with van der Waals surface area (Å²) in [6.07, 6.45) is -7.00. The minimum Gasteiger partial charge on any atom is -0.508 e. The van der Waals surface area contributed by atoms with E-state index in [2.05, 4.69) is 52.8 Å². The van der Waals surface area contributed by atoms with Crippen LogP contribution >= 0.6 is 0 Å². The fourth-order valence-corrected chi connectivity index (χ4v) is 10.5. The third-order valence-electron chi connectivity index (χ3n) is 16.2. The number of amides is 9. The van der Waals surface area contributed by atoms with Crippen LogP contribution in [0.2, 0.25) is 0 Å². The SMILES string of the molecule is CCC(=O)NCCNC(=O)/N=C(/N)NCCC[C@@H](NC(=O)[C@H](c1ccccc1)c1cccc(OCCCCNC(=O)CCNC(=O)[C@H](CCC(=O)NC[C@H](O)[C@@H](O)[C@H](O)[C@H](O)CO)NC(=O)CN2CCN(CC(=O)O)CCN(CC(=O)O)CCN(CC(=O)O)CC2)c1)C(=O)NCc1ccc(O)cc1. The Labute approximate surface area is 596 Å². The lowest BCUT2D eigenvalue weighted by molar-refractivity contribution is -0.140. The highest BCUT2D eigenvalue weighted by atomic mass is 16.5. The van der Waals surface area contributed by atoms with Gasteiger partial charge in [-0.15, -0.1) is 0 Å². The molecule has 103 heavy (non-hydrogen) atoms. The van der Waals surface area contributed by atoms with Gasteiger partial charge >= 0.3 is 23.9 Å². The number of urea groups is 1. The predicted octanol–water partition coefficient (Wildman–Crippen LogP) is -4.68. The van der Waals surface area contributed by atoms with Gasteiger partial charge in [0.25, 0.3) is 0 Å². The van der Waals surface area contributed by atoms with Crippen molar-refractivity contribution in [1.82, 2.24) is 67.5 Å². The Balaban J connectivity index is 1.37. The van der Waals surface area contributed by atoms with E-state index in [0.717, 1.165) is 0 Å². The molecule has 7 atom stereocenters. The number of unbranched alkanes of at least 4 members (excludes halogenated alkanes) is 1. The van der Waals surface area contributed by atoms with Crippen LogP contribution in [-0.2, 0) is 54.5 Å². The Morgan fingerprint density at radius 2 is 1.05 bits per heavy atom. The third-order valence-corrected chi connectivity index (χ3v) is 16.2. The number of carbonyl (C=O) groups is 11. The summed E-state index contributed by atoms with van der Waals surface area (Å²) in [6.45, 7) is 0.0719. The fourth-order valence-electron chi connectivity index (χ4n) is 10.5. The molecular formula is C67H101N15O21. The monoisotopic (exact) mass is 1450 g/mol. The number of carboxylic acids is 3. The molecule has 1 heterocycles. The highest BCUT2D eigenvalue weighted by molar-refractivity contribution is 5.93. The van der Waals surface area contributed by atoms with Crippen molar-refractivity contribution in [3.8, 4) is 11.5 Å². The first kappa shape index (κ1) is 85.8. The topological polar surface area (TPSA) is 539 Å². The number of benzene rings is 3. The quantitative estimate of drug-likeness (QED) is 0.0144. The standard InChI is InChI=1S/C67H101N15O21/c1-2-53(87)70-25-26-73-67(102)78-66(68)72-23-9-14-49(64(100)75-37-44-15-17-47(84)18-16-44)77-65(101)60(45-10-4-3-5-11-45)46-12-8-13-48(36-46)103-35-7-6-22-69-55(89)21-24-71-63(99)50(19-20-54(88)74-38-51(85)61(97)62(98)52(86)43-83)76-56(90)39-79-27-29-80(40-57(91)92)31-33-82(42-59(95)96)34-32-81(30-28-79)41-58(93)94/h3-5,8,10-13,15-18,36,49-52,60-62,83-86,97-98H,2,6-7,9,14,19-35,37-43H2,1H3,(H,69,89)(H,70,87)(H,71,99)(H,74,88)(H,75,100)(H,76,90)(H,77,101)(H,91,92)(H,93,94)(H,95,96)(H4,68,72,73,78,102)/t49-,50+,51+,52-,60-,61-,62-/m1/s1. The average Bonchev–Trinajstić information content (AvgIpc) is 0.818. The molecule has 20 N–H and O–H groups in total. The van der Waals surface area contributed by atoms with Crippen LogP contribution in [0.4, 0.5) is 4.79 Å². The molecule has 0 spiro atoms. The summed E-state index contributed by atoms with van der Waals surface area (Å²) in [5.41, 5.74) is 7.79. The summed E-state index contributed by atoms with van der Waals surface area (Å²) >= 11 is 0. The minimum atomic E-state index is -1.99. The minimum absolute atomic E-state index is 0.0452. The second-order valence-electron chi connectivity index (χ2n) is 24.4. The lowest BCUT2D eigenvalue weighted by Crippen LogP contribution is -2.52. The summed E-state index contributed by atoms with van der Waals surface area (Å²) in [4.78, 5) is 151. The number of phenols is 1. The Morgan fingerprint density at radius 3 is 1.64 bits per heavy atom. The highest BCUT2D eigenvalue weighted by Crippen LogP contribution is 2.28. The molecule has 0 radical (unpaired) electrons. The number of aromatic hydroxyl groups is 1. The number of aliphatic hydroxyl groups is 5. The molecule has 3 aromatic carbocycles. The Hall–Kier alpha value is -9.66. The molecule has 36 nitrogen and oxygen atoms in total. The molecule has 570 valence electrons. The molecule has 1 fully saturated rings. The largest absolute Gasteiger partial charge is 0.508 e. The number of aliphatic carboxylic acids is 3. The molecule has 3 aromatic rings. The zero-order valence-corrected chi connectivity index (χ0v) is 57.8. The number of hydrogen-bond acceptors (Lipinski definition) is 22. The van der Waals surface area contributed by atoms with Crippen molar-refractivity contribution < 1.29 is 103 Å². The van der Waals surface area contributed by atoms with Crippen LogP contribution in [0.1, 0.15) is 80.9 Å². The first-order valence-corrected chi connectivity index (χ1v) is 34.0. The van der Waals surface area contributed by atoms with Gasteiger partial charge in [0.2, 0.25) is 41.4 Å². The van der Waals surface area contributed by atoms with Crippen molar-refractivity contribution in [3.05, 3.63) is 95.6 Å². The maximum atomic E-state index is 14.6. The lowest BCUT2D eigenvalue weighted by Gasteiger charge is -2.33. The molecule has 0 bridgehead atoms. The van der Waals surface area contributed by atoms with Crippen molar-refractivity contribution in [2.75, 3.05) is 131 Å². The molecule has 36 heteroatoms. The Kier molecular flexibility index (Phi) is 39.6. The van der Waals surface area contributed by atoms with Gasteiger partial charge in [0.15, 0.2) is 5.96 Å². The molecule has 0 aliphatic carbocycles. The second-order valence-corrected chi connectivity index (χ2v) is 24.4. The molecule has 4 rings (SSSR count). The third kappa shape index (κ3) is 35.2. The van der Waals surface area contributed by atoms with Crippen LogP contribution in [0, 0.1) is 0 Å². The average molecular weight is 1450 g/mol. The molecule has 0 saturated carbocycles. The van der Waals surface area contributed by atoms with E-state index in [4.69, 9.17) is 15.6 Å². The van der Waals surface area contributed by atoms with Crippen LogP contribution in [0.25, 0.3) is 0 Å². The molecule has 1 aliphatic heterocycles. The van der Waals surface area contributed by atoms with Crippen LogP contribution in [0.3, 0.4) is 0 Å². The van der Waals surface area contributed by atoms with E-state index < -0.39 is 141 Å². The van der Waals surface area contributed by atoms with Gasteiger partial charge in [-0.3, -0.25) is 67.5 Å². The maximum Gasteiger partial charge on any atom is 0.344 e. The fraction of sp³-hybridized carbons (Fsp3) is 0.552. The van der Waals surface area contributed by atoms with Crippen molar-refractivity contribution in [2.45, 2.75) is 107 Å². The maximum absolute atomic E-state index is 14.6. The Morgan fingerprint density at radius 1 is 0.515 bits per heavy atom. The van der Waals surface area contributed by atoms with Gasteiger partial charge < -0.3 is 104 Å². The molecule has 1 aliphatic rings. The predicted molar refractivity (Wildman–Crippen MR) is 371 cm³/mol. The number of carbonyl (C=O) groups excluding carboxylic acids is 8. The highest BCUT2D eigenvalue weighted by Gasteiger charge is 2.32. The summed E-state index contributed by atoms with van der Waals surface area (Å²) in [5.74, 6) is -8.03. The molecular weight excluding hydrogens is 1350 g/mol. The zero-order valence-electron chi connectivity index (χ0n) is 57.8. The van der Waals surface area contributed by atoms with Gasteiger partial charge in [0.1, 0.15) is 41.9 Å². The van der Waals surface area contributed by atoms with Crippen molar-refractivity contribution in [2.24, 2.45) is 10.7 Å². The summed E-state index contributed by atoms with van der Waals surface area (Å²) < 4.78 is 6.11. The van der Waals surface area contributed by atoms with Gasteiger partial charge in [-0.1, -0.05) is 61.5 Å². The van der Waals surface area contributed by atoms with Crippen molar-refractivity contribution >= 4 is 71.2 Å². The second kappa shape index (κ2) is 47.5. The zero-order chi connectivity index (χ0) is 75.6. The van der Waals surface area contributed by atoms with E-state index in [0.29, 0.717) is 41.7 Å². The van der Waals surface area contributed by atoms with Crippen LogP contribution < -0.4 is 58.3 Å². The molecule has 0 aromatic heterocycles. The van der Waals surface area contributed by atoms with E-state index in [-0.39, 0.29) is 148 Å². The van der Waals surface area contributed by atoms with Gasteiger partial charge in [-0.2, -0.15) is 4.99 Å². The number of aliphatic imine (C=N–C) groups is 1. The smallest absolute Gasteiger partial charge is 0.344 e. The van der Waals surface area contributed by atoms with Crippen molar-refractivity contribution in [1.29, 1.82) is 0 Å². The summed E-state index contributed by atoms with van der Waals surface area (Å²) in [5, 5.41) is 112. The summed E-state index contributed by atoms with van der Waals surface area (Å²) in [7, 11) is 0. The number of phenolic OH excluding ortho intramolecular Hbond substituents is 1. The number of nitrogens with two attached hydrogens (primary N) is 1. The van der Waals surface area contributed by atoms with Crippen molar-refractivity contribution in [3.63, 3.8) is 0 Å².